The van der Waals surface area contributed by atoms with Gasteiger partial charge >= 0.3 is 5.97 Å². The van der Waals surface area contributed by atoms with Crippen LogP contribution in [0.4, 0.5) is 5.69 Å². The van der Waals surface area contributed by atoms with Crippen LogP contribution in [0.25, 0.3) is 10.9 Å². The van der Waals surface area contributed by atoms with Crippen molar-refractivity contribution in [2.75, 3.05) is 11.9 Å². The normalized spacial score (nSPS) is 12.0. The van der Waals surface area contributed by atoms with E-state index in [0.717, 1.165) is 22.0 Å². The van der Waals surface area contributed by atoms with Crippen LogP contribution in [-0.2, 0) is 4.74 Å². The first-order valence-electron chi connectivity index (χ1n) is 8.58. The molecule has 0 saturated carbocycles. The average molecular weight is 369 g/mol. The van der Waals surface area contributed by atoms with E-state index in [-0.39, 0.29) is 6.04 Å². The molecule has 0 aliphatic heterocycles. The van der Waals surface area contributed by atoms with Crippen molar-refractivity contribution in [3.63, 3.8) is 0 Å². The summed E-state index contributed by atoms with van der Waals surface area (Å²) in [5, 5.41) is 4.88. The van der Waals surface area contributed by atoms with Crippen LogP contribution in [0.5, 0.6) is 0 Å². The number of carbonyl (C=O) groups is 1. The molecule has 1 N–H and O–H groups in total. The first-order valence-corrected chi connectivity index (χ1v) is 8.96. The van der Waals surface area contributed by atoms with Gasteiger partial charge in [-0.05, 0) is 44.0 Å². The number of ether oxygens (including phenoxy) is 1. The van der Waals surface area contributed by atoms with Gasteiger partial charge < -0.3 is 10.1 Å². The highest BCUT2D eigenvalue weighted by Crippen LogP contribution is 2.33. The first kappa shape index (κ1) is 18.2. The van der Waals surface area contributed by atoms with Crippen molar-refractivity contribution >= 4 is 34.2 Å². The molecule has 0 aliphatic rings. The Labute approximate surface area is 158 Å². The quantitative estimate of drug-likeness (QED) is 0.600. The minimum absolute atomic E-state index is 0.00531. The Bertz CT molecular complexity index is 942. The van der Waals surface area contributed by atoms with Crippen molar-refractivity contribution in [3.05, 3.63) is 70.4 Å². The molecular weight excluding hydrogens is 348 g/mol. The van der Waals surface area contributed by atoms with E-state index in [4.69, 9.17) is 16.3 Å². The number of pyridine rings is 1. The Morgan fingerprint density at radius 3 is 2.69 bits per heavy atom. The standard InChI is InChI=1S/C21H21ClN2O2/c1-4-26-21(25)18-12-23-19-13(2)10-16(22)11-17(19)20(18)24-14(3)15-8-6-5-7-9-15/h5-12,14H,4H2,1-3H3,(H,23,24). The number of fused-ring (bicyclic) bond motifs is 1. The fourth-order valence-electron chi connectivity index (χ4n) is 3.00. The van der Waals surface area contributed by atoms with Crippen molar-refractivity contribution in [1.29, 1.82) is 0 Å². The summed E-state index contributed by atoms with van der Waals surface area (Å²) in [5.41, 5.74) is 3.98. The van der Waals surface area contributed by atoms with Crippen LogP contribution in [-0.4, -0.2) is 17.6 Å². The number of aryl methyl sites for hydroxylation is 1. The fraction of sp³-hybridized carbons (Fsp3) is 0.238. The summed E-state index contributed by atoms with van der Waals surface area (Å²) < 4.78 is 5.21. The topological polar surface area (TPSA) is 51.2 Å². The van der Waals surface area contributed by atoms with E-state index in [1.165, 1.54) is 0 Å². The van der Waals surface area contributed by atoms with Crippen molar-refractivity contribution in [3.8, 4) is 0 Å². The van der Waals surface area contributed by atoms with Gasteiger partial charge in [0.05, 0.1) is 17.8 Å². The van der Waals surface area contributed by atoms with Crippen LogP contribution in [0.3, 0.4) is 0 Å². The molecular formula is C21H21ClN2O2. The summed E-state index contributed by atoms with van der Waals surface area (Å²) in [5.74, 6) is -0.401. The maximum Gasteiger partial charge on any atom is 0.341 e. The number of anilines is 1. The van der Waals surface area contributed by atoms with Gasteiger partial charge in [0.15, 0.2) is 0 Å². The molecule has 1 heterocycles. The molecule has 0 bridgehead atoms. The lowest BCUT2D eigenvalue weighted by Gasteiger charge is -2.20. The maximum absolute atomic E-state index is 12.5. The van der Waals surface area contributed by atoms with E-state index in [1.54, 1.807) is 13.1 Å². The minimum atomic E-state index is -0.401. The van der Waals surface area contributed by atoms with Crippen LogP contribution in [0.2, 0.25) is 5.02 Å². The zero-order valence-corrected chi connectivity index (χ0v) is 15.8. The number of carbonyl (C=O) groups excluding carboxylic acids is 1. The molecule has 1 unspecified atom stereocenters. The minimum Gasteiger partial charge on any atom is -0.462 e. The first-order chi connectivity index (χ1) is 12.5. The summed E-state index contributed by atoms with van der Waals surface area (Å²) in [6.07, 6.45) is 1.57. The molecule has 26 heavy (non-hydrogen) atoms. The van der Waals surface area contributed by atoms with Crippen LogP contribution >= 0.6 is 11.6 Å². The molecule has 5 heteroatoms. The molecule has 1 atom stereocenters. The maximum atomic E-state index is 12.5. The number of nitrogens with zero attached hydrogens (tertiary/aromatic N) is 1. The number of esters is 1. The van der Waals surface area contributed by atoms with Gasteiger partial charge in [0, 0.05) is 22.6 Å². The number of rotatable bonds is 5. The molecule has 0 spiro atoms. The van der Waals surface area contributed by atoms with Crippen molar-refractivity contribution in [1.82, 2.24) is 4.98 Å². The lowest BCUT2D eigenvalue weighted by atomic mass is 10.0. The molecule has 3 rings (SSSR count). The van der Waals surface area contributed by atoms with Gasteiger partial charge in [0.1, 0.15) is 5.56 Å². The Morgan fingerprint density at radius 1 is 1.27 bits per heavy atom. The Balaban J connectivity index is 2.15. The van der Waals surface area contributed by atoms with Gasteiger partial charge in [-0.2, -0.15) is 0 Å². The van der Waals surface area contributed by atoms with Gasteiger partial charge in [-0.15, -0.1) is 0 Å². The number of nitrogens with one attached hydrogen (secondary N) is 1. The Kier molecular flexibility index (Phi) is 5.43. The summed E-state index contributed by atoms with van der Waals surface area (Å²) in [4.78, 5) is 16.9. The average Bonchev–Trinajstić information content (AvgIpc) is 2.63. The van der Waals surface area contributed by atoms with Gasteiger partial charge in [0.2, 0.25) is 0 Å². The van der Waals surface area contributed by atoms with Crippen molar-refractivity contribution in [2.45, 2.75) is 26.8 Å². The SMILES string of the molecule is CCOC(=O)c1cnc2c(C)cc(Cl)cc2c1NC(C)c1ccccc1. The lowest BCUT2D eigenvalue weighted by molar-refractivity contribution is 0.0527. The number of hydrogen-bond acceptors (Lipinski definition) is 4. The third-order valence-electron chi connectivity index (χ3n) is 4.28. The zero-order chi connectivity index (χ0) is 18.7. The zero-order valence-electron chi connectivity index (χ0n) is 15.0. The second-order valence-electron chi connectivity index (χ2n) is 6.16. The number of aromatic nitrogens is 1. The smallest absolute Gasteiger partial charge is 0.341 e. The highest BCUT2D eigenvalue weighted by Gasteiger charge is 2.19. The number of benzene rings is 2. The highest BCUT2D eigenvalue weighted by molar-refractivity contribution is 6.31. The summed E-state index contributed by atoms with van der Waals surface area (Å²) in [6.45, 7) is 6.09. The van der Waals surface area contributed by atoms with E-state index >= 15 is 0 Å². The van der Waals surface area contributed by atoms with Crippen LogP contribution in [0.1, 0.15) is 41.4 Å². The summed E-state index contributed by atoms with van der Waals surface area (Å²) >= 11 is 6.27. The van der Waals surface area contributed by atoms with Crippen molar-refractivity contribution in [2.24, 2.45) is 0 Å². The molecule has 0 saturated heterocycles. The van der Waals surface area contributed by atoms with Crippen LogP contribution in [0, 0.1) is 6.92 Å². The number of halogens is 1. The van der Waals surface area contributed by atoms with Crippen molar-refractivity contribution < 1.29 is 9.53 Å². The molecule has 134 valence electrons. The van der Waals surface area contributed by atoms with E-state index in [2.05, 4.69) is 10.3 Å². The molecule has 1 aromatic heterocycles. The second-order valence-corrected chi connectivity index (χ2v) is 6.60. The number of hydrogen-bond donors (Lipinski definition) is 1. The molecule has 4 nitrogen and oxygen atoms in total. The largest absolute Gasteiger partial charge is 0.462 e. The third kappa shape index (κ3) is 3.65. The van der Waals surface area contributed by atoms with E-state index < -0.39 is 5.97 Å². The molecule has 0 aliphatic carbocycles. The molecule has 0 radical (unpaired) electrons. The summed E-state index contributed by atoms with van der Waals surface area (Å²) in [7, 11) is 0. The van der Waals surface area contributed by atoms with E-state index in [9.17, 15) is 4.79 Å². The van der Waals surface area contributed by atoms with E-state index in [1.807, 2.05) is 56.3 Å². The Morgan fingerprint density at radius 2 is 2.00 bits per heavy atom. The summed E-state index contributed by atoms with van der Waals surface area (Å²) in [6, 6.07) is 13.7. The monoisotopic (exact) mass is 368 g/mol. The van der Waals surface area contributed by atoms with E-state index in [0.29, 0.717) is 22.9 Å². The highest BCUT2D eigenvalue weighted by atomic mass is 35.5. The molecule has 0 amide bonds. The second kappa shape index (κ2) is 7.75. The predicted molar refractivity (Wildman–Crippen MR) is 106 cm³/mol. The molecule has 0 fully saturated rings. The van der Waals surface area contributed by atoms with Crippen LogP contribution in [0.15, 0.2) is 48.7 Å². The molecule has 2 aromatic carbocycles. The van der Waals surface area contributed by atoms with Gasteiger partial charge in [-0.25, -0.2) is 4.79 Å². The predicted octanol–water partition coefficient (Wildman–Crippen LogP) is 5.55. The third-order valence-corrected chi connectivity index (χ3v) is 4.50. The lowest BCUT2D eigenvalue weighted by Crippen LogP contribution is -2.14. The fourth-order valence-corrected chi connectivity index (χ4v) is 3.27. The Hall–Kier alpha value is -2.59. The van der Waals surface area contributed by atoms with Gasteiger partial charge in [-0.3, -0.25) is 4.98 Å². The van der Waals surface area contributed by atoms with Gasteiger partial charge in [0.25, 0.3) is 0 Å². The van der Waals surface area contributed by atoms with Crippen LogP contribution < -0.4 is 5.32 Å². The molecule has 3 aromatic rings. The van der Waals surface area contributed by atoms with Gasteiger partial charge in [-0.1, -0.05) is 41.9 Å².